The number of carbonyl (C=O) groups is 2. The molecular formula is C29H32FNO7. The van der Waals surface area contributed by atoms with Crippen molar-refractivity contribution in [1.82, 2.24) is 4.98 Å². The van der Waals surface area contributed by atoms with Gasteiger partial charge in [0, 0.05) is 0 Å². The number of hydrogen-bond donors (Lipinski definition) is 0. The van der Waals surface area contributed by atoms with Crippen molar-refractivity contribution in [2.45, 2.75) is 53.4 Å². The van der Waals surface area contributed by atoms with Crippen LogP contribution in [-0.2, 0) is 9.47 Å². The van der Waals surface area contributed by atoms with Crippen LogP contribution in [0.1, 0.15) is 64.8 Å². The Morgan fingerprint density at radius 3 is 1.82 bits per heavy atom. The van der Waals surface area contributed by atoms with E-state index < -0.39 is 18.1 Å². The van der Waals surface area contributed by atoms with Gasteiger partial charge < -0.3 is 23.7 Å². The molecule has 0 aliphatic rings. The minimum absolute atomic E-state index is 0.0272. The van der Waals surface area contributed by atoms with Gasteiger partial charge in [-0.1, -0.05) is 52.0 Å². The van der Waals surface area contributed by atoms with Gasteiger partial charge in [-0.05, 0) is 55.5 Å². The van der Waals surface area contributed by atoms with Gasteiger partial charge in [0.05, 0.1) is 30.2 Å². The summed E-state index contributed by atoms with van der Waals surface area (Å²) in [5.74, 6) is -0.609. The van der Waals surface area contributed by atoms with Gasteiger partial charge in [-0.2, -0.15) is 0 Å². The molecule has 1 aromatic heterocycles. The minimum Gasteiger partial charge on any atom is -0.454 e. The first-order valence-electron chi connectivity index (χ1n) is 12.5. The Morgan fingerprint density at radius 2 is 1.34 bits per heavy atom. The van der Waals surface area contributed by atoms with Gasteiger partial charge in [0.25, 0.3) is 0 Å². The highest BCUT2D eigenvalue weighted by atomic mass is 19.1. The summed E-state index contributed by atoms with van der Waals surface area (Å²) in [5.41, 5.74) is 1.44. The summed E-state index contributed by atoms with van der Waals surface area (Å²) >= 11 is 0. The standard InChI is InChI=1S/C29H32FNO7/c1-7-34-28(32)37-26-23(19-14-15-21(30)22(16-19)36-20-12-10-9-11-13-20)27(38-29(33)35-8-2)25(18(5)6)31-24(26)17(3)4/h9-18H,7-8H2,1-6H3. The van der Waals surface area contributed by atoms with Crippen molar-refractivity contribution in [3.8, 4) is 34.1 Å². The third-order valence-electron chi connectivity index (χ3n) is 5.34. The second kappa shape index (κ2) is 12.9. The van der Waals surface area contributed by atoms with Gasteiger partial charge in [-0.3, -0.25) is 0 Å². The van der Waals surface area contributed by atoms with E-state index in [4.69, 9.17) is 28.7 Å². The molecule has 8 nitrogen and oxygen atoms in total. The molecule has 38 heavy (non-hydrogen) atoms. The Hall–Kier alpha value is -4.14. The van der Waals surface area contributed by atoms with Gasteiger partial charge in [0.1, 0.15) is 5.75 Å². The summed E-state index contributed by atoms with van der Waals surface area (Å²) in [6.45, 7) is 11.0. The highest BCUT2D eigenvalue weighted by Gasteiger charge is 2.30. The number of carbonyl (C=O) groups excluding carboxylic acids is 2. The number of aromatic nitrogens is 1. The number of hydrogen-bond acceptors (Lipinski definition) is 8. The zero-order chi connectivity index (χ0) is 27.8. The Bertz CT molecular complexity index is 1230. The molecule has 3 rings (SSSR count). The molecule has 0 saturated carbocycles. The van der Waals surface area contributed by atoms with Crippen LogP contribution in [0.2, 0.25) is 0 Å². The molecule has 0 bridgehead atoms. The monoisotopic (exact) mass is 525 g/mol. The van der Waals surface area contributed by atoms with Gasteiger partial charge in [0.15, 0.2) is 23.1 Å². The van der Waals surface area contributed by atoms with Crippen LogP contribution in [0.15, 0.2) is 48.5 Å². The molecule has 0 fully saturated rings. The third-order valence-corrected chi connectivity index (χ3v) is 5.34. The summed E-state index contributed by atoms with van der Waals surface area (Å²) in [4.78, 5) is 29.7. The zero-order valence-electron chi connectivity index (χ0n) is 22.4. The molecule has 0 saturated heterocycles. The maximum atomic E-state index is 14.9. The Kier molecular flexibility index (Phi) is 9.65. The molecule has 0 N–H and O–H groups in total. The average Bonchev–Trinajstić information content (AvgIpc) is 2.86. The number of ether oxygens (including phenoxy) is 5. The molecule has 0 unspecified atom stereocenters. The SMILES string of the molecule is CCOC(=O)Oc1c(C(C)C)nc(C(C)C)c(OC(=O)OCC)c1-c1ccc(F)c(Oc2ccccc2)c1. The van der Waals surface area contributed by atoms with Gasteiger partial charge in [-0.15, -0.1) is 0 Å². The van der Waals surface area contributed by atoms with E-state index in [9.17, 15) is 14.0 Å². The van der Waals surface area contributed by atoms with Gasteiger partial charge >= 0.3 is 12.3 Å². The van der Waals surface area contributed by atoms with Crippen LogP contribution in [0.4, 0.5) is 14.0 Å². The third kappa shape index (κ3) is 6.79. The first-order valence-corrected chi connectivity index (χ1v) is 12.5. The predicted molar refractivity (Wildman–Crippen MR) is 140 cm³/mol. The predicted octanol–water partition coefficient (Wildman–Crippen LogP) is 8.00. The fourth-order valence-electron chi connectivity index (χ4n) is 3.66. The molecule has 3 aromatic rings. The van der Waals surface area contributed by atoms with E-state index in [1.165, 1.54) is 18.2 Å². The molecule has 0 aliphatic carbocycles. The first-order chi connectivity index (χ1) is 18.2. The molecule has 9 heteroatoms. The maximum absolute atomic E-state index is 14.9. The van der Waals surface area contributed by atoms with E-state index >= 15 is 0 Å². The molecule has 1 heterocycles. The lowest BCUT2D eigenvalue weighted by atomic mass is 9.95. The van der Waals surface area contributed by atoms with Crippen LogP contribution in [-0.4, -0.2) is 30.5 Å². The fourth-order valence-corrected chi connectivity index (χ4v) is 3.66. The molecular weight excluding hydrogens is 493 g/mol. The molecule has 0 amide bonds. The number of halogens is 1. The highest BCUT2D eigenvalue weighted by Crippen LogP contribution is 2.47. The van der Waals surface area contributed by atoms with Crippen LogP contribution in [0.3, 0.4) is 0 Å². The lowest BCUT2D eigenvalue weighted by Crippen LogP contribution is -2.18. The number of pyridine rings is 1. The average molecular weight is 526 g/mol. The highest BCUT2D eigenvalue weighted by molar-refractivity contribution is 5.84. The molecule has 0 spiro atoms. The lowest BCUT2D eigenvalue weighted by Gasteiger charge is -2.23. The quantitative estimate of drug-likeness (QED) is 0.259. The topological polar surface area (TPSA) is 93.2 Å². The molecule has 2 aromatic carbocycles. The second-order valence-corrected chi connectivity index (χ2v) is 8.86. The van der Waals surface area contributed by atoms with Crippen LogP contribution in [0.25, 0.3) is 11.1 Å². The number of benzene rings is 2. The summed E-state index contributed by atoms with van der Waals surface area (Å²) in [6, 6.07) is 12.9. The van der Waals surface area contributed by atoms with Crippen molar-refractivity contribution in [2.75, 3.05) is 13.2 Å². The van der Waals surface area contributed by atoms with E-state index in [0.29, 0.717) is 22.7 Å². The summed E-state index contributed by atoms with van der Waals surface area (Å²) in [5, 5.41) is 0. The minimum atomic E-state index is -0.959. The van der Waals surface area contributed by atoms with E-state index in [0.717, 1.165) is 0 Å². The van der Waals surface area contributed by atoms with Crippen molar-refractivity contribution in [3.05, 3.63) is 65.7 Å². The first kappa shape index (κ1) is 28.4. The lowest BCUT2D eigenvalue weighted by molar-refractivity contribution is 0.102. The maximum Gasteiger partial charge on any atom is 0.513 e. The fraction of sp³-hybridized carbons (Fsp3) is 0.345. The molecule has 0 aliphatic heterocycles. The largest absolute Gasteiger partial charge is 0.513 e. The van der Waals surface area contributed by atoms with Gasteiger partial charge in [-0.25, -0.2) is 19.0 Å². The van der Waals surface area contributed by atoms with Crippen molar-refractivity contribution < 1.29 is 37.7 Å². The molecule has 202 valence electrons. The van der Waals surface area contributed by atoms with Crippen molar-refractivity contribution in [2.24, 2.45) is 0 Å². The Balaban J connectivity index is 2.34. The van der Waals surface area contributed by atoms with E-state index in [-0.39, 0.29) is 47.9 Å². The van der Waals surface area contributed by atoms with Crippen LogP contribution in [0, 0.1) is 5.82 Å². The number of rotatable bonds is 9. The number of nitrogens with zero attached hydrogens (tertiary/aromatic N) is 1. The van der Waals surface area contributed by atoms with Gasteiger partial charge in [0.2, 0.25) is 0 Å². The van der Waals surface area contributed by atoms with Crippen molar-refractivity contribution >= 4 is 12.3 Å². The summed E-state index contributed by atoms with van der Waals surface area (Å²) in [7, 11) is 0. The van der Waals surface area contributed by atoms with Crippen molar-refractivity contribution in [1.29, 1.82) is 0 Å². The number of para-hydroxylation sites is 1. The zero-order valence-corrected chi connectivity index (χ0v) is 22.4. The summed E-state index contributed by atoms with van der Waals surface area (Å²) < 4.78 is 42.0. The molecule has 0 atom stereocenters. The summed E-state index contributed by atoms with van der Waals surface area (Å²) in [6.07, 6.45) is -1.92. The van der Waals surface area contributed by atoms with Crippen LogP contribution >= 0.6 is 0 Å². The second-order valence-electron chi connectivity index (χ2n) is 8.86. The Labute approximate surface area is 221 Å². The normalized spacial score (nSPS) is 10.9. The van der Waals surface area contributed by atoms with Crippen LogP contribution in [0.5, 0.6) is 23.0 Å². The Morgan fingerprint density at radius 1 is 0.816 bits per heavy atom. The van der Waals surface area contributed by atoms with Crippen molar-refractivity contribution in [3.63, 3.8) is 0 Å². The van der Waals surface area contributed by atoms with Crippen LogP contribution < -0.4 is 14.2 Å². The smallest absolute Gasteiger partial charge is 0.454 e. The van der Waals surface area contributed by atoms with E-state index in [1.54, 1.807) is 38.1 Å². The van der Waals surface area contributed by atoms with E-state index in [2.05, 4.69) is 0 Å². The van der Waals surface area contributed by atoms with E-state index in [1.807, 2.05) is 33.8 Å². The molecule has 0 radical (unpaired) electrons.